The molecular formula is C8H11N3O4S. The van der Waals surface area contributed by atoms with Crippen LogP contribution in [0.25, 0.3) is 0 Å². The van der Waals surface area contributed by atoms with Crippen LogP contribution in [-0.2, 0) is 10.0 Å². The number of aromatic carboxylic acids is 1. The van der Waals surface area contributed by atoms with E-state index in [2.05, 4.69) is 14.7 Å². The number of nitrogens with zero attached hydrogens (tertiary/aromatic N) is 2. The molecule has 88 valence electrons. The lowest BCUT2D eigenvalue weighted by Gasteiger charge is -2.10. The summed E-state index contributed by atoms with van der Waals surface area (Å²) >= 11 is 0. The highest BCUT2D eigenvalue weighted by atomic mass is 32.2. The Hall–Kier alpha value is -1.70. The average Bonchev–Trinajstić information content (AvgIpc) is 2.17. The van der Waals surface area contributed by atoms with E-state index in [1.165, 1.54) is 26.2 Å². The van der Waals surface area contributed by atoms with Gasteiger partial charge in [-0.3, -0.25) is 4.72 Å². The molecular weight excluding hydrogens is 234 g/mol. The van der Waals surface area contributed by atoms with Gasteiger partial charge < -0.3 is 5.11 Å². The van der Waals surface area contributed by atoms with Crippen LogP contribution in [0, 0.1) is 0 Å². The standard InChI is InChI=1S/C8H11N3O4S/c1-5(2)16(14,15)11-7-6(8(12)13)9-3-4-10-7/h3-5H,1-2H3,(H,10,11)(H,12,13). The minimum atomic E-state index is -3.62. The third-order valence-electron chi connectivity index (χ3n) is 1.76. The van der Waals surface area contributed by atoms with Crippen molar-refractivity contribution < 1.29 is 18.3 Å². The molecule has 7 nitrogen and oxygen atoms in total. The molecule has 2 N–H and O–H groups in total. The first kappa shape index (κ1) is 12.4. The molecule has 0 aliphatic heterocycles. The first-order valence-corrected chi connectivity index (χ1v) is 5.95. The Labute approximate surface area is 92.6 Å². The SMILES string of the molecule is CC(C)S(=O)(=O)Nc1nccnc1C(=O)O. The Morgan fingerprint density at radius 2 is 1.94 bits per heavy atom. The molecule has 1 aromatic rings. The van der Waals surface area contributed by atoms with E-state index in [4.69, 9.17) is 5.11 Å². The van der Waals surface area contributed by atoms with Crippen LogP contribution >= 0.6 is 0 Å². The molecule has 0 unspecified atom stereocenters. The van der Waals surface area contributed by atoms with Crippen molar-refractivity contribution in [2.45, 2.75) is 19.1 Å². The molecule has 0 saturated heterocycles. The maximum absolute atomic E-state index is 11.5. The zero-order valence-corrected chi connectivity index (χ0v) is 9.52. The van der Waals surface area contributed by atoms with E-state index in [9.17, 15) is 13.2 Å². The summed E-state index contributed by atoms with van der Waals surface area (Å²) < 4.78 is 25.1. The van der Waals surface area contributed by atoms with Gasteiger partial charge in [0, 0.05) is 12.4 Å². The summed E-state index contributed by atoms with van der Waals surface area (Å²) in [5, 5.41) is 8.08. The fourth-order valence-corrected chi connectivity index (χ4v) is 1.48. The topological polar surface area (TPSA) is 109 Å². The predicted octanol–water partition coefficient (Wildman–Crippen LogP) is 0.325. The molecule has 0 aromatic carbocycles. The Bertz CT molecular complexity index is 498. The van der Waals surface area contributed by atoms with Crippen LogP contribution in [0.4, 0.5) is 5.82 Å². The largest absolute Gasteiger partial charge is 0.476 e. The predicted molar refractivity (Wildman–Crippen MR) is 56.7 cm³/mol. The third-order valence-corrected chi connectivity index (χ3v) is 3.48. The van der Waals surface area contributed by atoms with Gasteiger partial charge in [-0.2, -0.15) is 0 Å². The second-order valence-electron chi connectivity index (χ2n) is 3.25. The summed E-state index contributed by atoms with van der Waals surface area (Å²) in [6, 6.07) is 0. The lowest BCUT2D eigenvalue weighted by Crippen LogP contribution is -2.24. The van der Waals surface area contributed by atoms with Crippen molar-refractivity contribution in [2.75, 3.05) is 4.72 Å². The molecule has 0 radical (unpaired) electrons. The maximum atomic E-state index is 11.5. The first-order valence-electron chi connectivity index (χ1n) is 4.40. The minimum Gasteiger partial charge on any atom is -0.476 e. The molecule has 1 heterocycles. The van der Waals surface area contributed by atoms with E-state index >= 15 is 0 Å². The van der Waals surface area contributed by atoms with Gasteiger partial charge in [0.1, 0.15) is 0 Å². The van der Waals surface area contributed by atoms with Gasteiger partial charge in [-0.15, -0.1) is 0 Å². The van der Waals surface area contributed by atoms with Crippen molar-refractivity contribution in [2.24, 2.45) is 0 Å². The van der Waals surface area contributed by atoms with Crippen LogP contribution in [0.15, 0.2) is 12.4 Å². The quantitative estimate of drug-likeness (QED) is 0.790. The van der Waals surface area contributed by atoms with Crippen molar-refractivity contribution >= 4 is 21.8 Å². The second kappa shape index (κ2) is 4.44. The number of anilines is 1. The number of nitrogens with one attached hydrogen (secondary N) is 1. The summed E-state index contributed by atoms with van der Waals surface area (Å²) in [5.74, 6) is -1.61. The number of hydrogen-bond donors (Lipinski definition) is 2. The van der Waals surface area contributed by atoms with Gasteiger partial charge in [0.25, 0.3) is 0 Å². The van der Waals surface area contributed by atoms with Crippen LogP contribution in [0.1, 0.15) is 24.3 Å². The number of hydrogen-bond acceptors (Lipinski definition) is 5. The lowest BCUT2D eigenvalue weighted by molar-refractivity contribution is 0.0691. The highest BCUT2D eigenvalue weighted by Gasteiger charge is 2.21. The van der Waals surface area contributed by atoms with Crippen LogP contribution in [0.5, 0.6) is 0 Å². The zero-order valence-electron chi connectivity index (χ0n) is 8.71. The van der Waals surface area contributed by atoms with Crippen molar-refractivity contribution in [1.29, 1.82) is 0 Å². The normalized spacial score (nSPS) is 11.4. The monoisotopic (exact) mass is 245 g/mol. The van der Waals surface area contributed by atoms with E-state index < -0.39 is 26.9 Å². The van der Waals surface area contributed by atoms with Gasteiger partial charge >= 0.3 is 5.97 Å². The number of aromatic nitrogens is 2. The second-order valence-corrected chi connectivity index (χ2v) is 5.49. The summed E-state index contributed by atoms with van der Waals surface area (Å²) in [6.45, 7) is 2.94. The number of sulfonamides is 1. The van der Waals surface area contributed by atoms with E-state index in [0.29, 0.717) is 0 Å². The highest BCUT2D eigenvalue weighted by Crippen LogP contribution is 2.12. The Balaban J connectivity index is 3.12. The molecule has 16 heavy (non-hydrogen) atoms. The van der Waals surface area contributed by atoms with E-state index in [1.54, 1.807) is 0 Å². The fraction of sp³-hybridized carbons (Fsp3) is 0.375. The molecule has 0 aliphatic rings. The molecule has 1 rings (SSSR count). The molecule has 0 bridgehead atoms. The molecule has 0 atom stereocenters. The van der Waals surface area contributed by atoms with Crippen LogP contribution < -0.4 is 4.72 Å². The Morgan fingerprint density at radius 1 is 1.38 bits per heavy atom. The lowest BCUT2D eigenvalue weighted by atomic mass is 10.4. The number of carboxylic acid groups (broad SMARTS) is 1. The van der Waals surface area contributed by atoms with Gasteiger partial charge in [0.15, 0.2) is 11.5 Å². The molecule has 0 aliphatic carbocycles. The maximum Gasteiger partial charge on any atom is 0.358 e. The third kappa shape index (κ3) is 2.66. The summed E-state index contributed by atoms with van der Waals surface area (Å²) in [7, 11) is -3.62. The first-order chi connectivity index (χ1) is 7.34. The van der Waals surface area contributed by atoms with E-state index in [1.807, 2.05) is 0 Å². The van der Waals surface area contributed by atoms with Crippen molar-refractivity contribution in [3.8, 4) is 0 Å². The average molecular weight is 245 g/mol. The van der Waals surface area contributed by atoms with Crippen LogP contribution in [0.3, 0.4) is 0 Å². The fourth-order valence-electron chi connectivity index (χ4n) is 0.822. The summed E-state index contributed by atoms with van der Waals surface area (Å²) in [6.07, 6.45) is 2.39. The number of rotatable bonds is 4. The molecule has 8 heteroatoms. The van der Waals surface area contributed by atoms with Gasteiger partial charge in [-0.05, 0) is 13.8 Å². The number of carboxylic acids is 1. The van der Waals surface area contributed by atoms with E-state index in [0.717, 1.165) is 0 Å². The highest BCUT2D eigenvalue weighted by molar-refractivity contribution is 7.93. The molecule has 0 saturated carbocycles. The van der Waals surface area contributed by atoms with Crippen LogP contribution in [0.2, 0.25) is 0 Å². The molecule has 0 fully saturated rings. The van der Waals surface area contributed by atoms with Gasteiger partial charge in [-0.25, -0.2) is 23.2 Å². The van der Waals surface area contributed by atoms with Crippen molar-refractivity contribution in [1.82, 2.24) is 9.97 Å². The van der Waals surface area contributed by atoms with Crippen molar-refractivity contribution in [3.05, 3.63) is 18.1 Å². The molecule has 0 spiro atoms. The minimum absolute atomic E-state index is 0.274. The zero-order chi connectivity index (χ0) is 12.3. The number of carbonyl (C=O) groups is 1. The summed E-state index contributed by atoms with van der Waals surface area (Å²) in [5.41, 5.74) is -0.424. The molecule has 0 amide bonds. The van der Waals surface area contributed by atoms with Crippen molar-refractivity contribution in [3.63, 3.8) is 0 Å². The van der Waals surface area contributed by atoms with E-state index in [-0.39, 0.29) is 5.82 Å². The summed E-state index contributed by atoms with van der Waals surface area (Å²) in [4.78, 5) is 17.9. The Kier molecular flexibility index (Phi) is 3.43. The van der Waals surface area contributed by atoms with Gasteiger partial charge in [0.2, 0.25) is 10.0 Å². The molecule has 1 aromatic heterocycles. The van der Waals surface area contributed by atoms with Gasteiger partial charge in [-0.1, -0.05) is 0 Å². The van der Waals surface area contributed by atoms with Crippen LogP contribution in [-0.4, -0.2) is 34.7 Å². The smallest absolute Gasteiger partial charge is 0.358 e. The van der Waals surface area contributed by atoms with Gasteiger partial charge in [0.05, 0.1) is 5.25 Å². The Morgan fingerprint density at radius 3 is 2.44 bits per heavy atom.